The lowest BCUT2D eigenvalue weighted by molar-refractivity contribution is 0.590. The molecule has 3 rings (SSSR count). The highest BCUT2D eigenvalue weighted by Crippen LogP contribution is 2.24. The Bertz CT molecular complexity index is 893. The van der Waals surface area contributed by atoms with Gasteiger partial charge in [-0.05, 0) is 38.5 Å². The molecule has 0 saturated carbocycles. The molecule has 0 amide bonds. The average Bonchev–Trinajstić information content (AvgIpc) is 2.63. The van der Waals surface area contributed by atoms with Crippen LogP contribution in [0.5, 0.6) is 0 Å². The summed E-state index contributed by atoms with van der Waals surface area (Å²) in [4.78, 5) is 10.9. The van der Waals surface area contributed by atoms with Gasteiger partial charge in [-0.2, -0.15) is 4.98 Å². The Morgan fingerprint density at radius 2 is 1.63 bits per heavy atom. The summed E-state index contributed by atoms with van der Waals surface area (Å²) in [5, 5.41) is 2.68. The van der Waals surface area contributed by atoms with Crippen LogP contribution >= 0.6 is 0 Å². The zero-order valence-electron chi connectivity index (χ0n) is 15.6. The third-order valence-corrected chi connectivity index (χ3v) is 4.15. The van der Waals surface area contributed by atoms with E-state index in [2.05, 4.69) is 46.2 Å². The first kappa shape index (κ1) is 18.8. The average molecular weight is 368 g/mol. The van der Waals surface area contributed by atoms with Gasteiger partial charge in [-0.3, -0.25) is 0 Å². The summed E-state index contributed by atoms with van der Waals surface area (Å²) < 4.78 is 27.9. The number of aromatic nitrogens is 2. The second kappa shape index (κ2) is 8.12. The van der Waals surface area contributed by atoms with Gasteiger partial charge in [0.25, 0.3) is 0 Å². The highest BCUT2D eigenvalue weighted by atomic mass is 19.1. The van der Waals surface area contributed by atoms with Crippen LogP contribution in [-0.4, -0.2) is 16.0 Å². The molecule has 4 nitrogen and oxygen atoms in total. The molecule has 140 valence electrons. The molecule has 1 N–H and O–H groups in total. The third-order valence-electron chi connectivity index (χ3n) is 4.15. The summed E-state index contributed by atoms with van der Waals surface area (Å²) in [7, 11) is 0. The zero-order valence-corrected chi connectivity index (χ0v) is 15.6. The smallest absolute Gasteiger partial charge is 0.229 e. The van der Waals surface area contributed by atoms with Crippen LogP contribution < -0.4 is 10.2 Å². The summed E-state index contributed by atoms with van der Waals surface area (Å²) >= 11 is 0. The SMILES string of the molecule is Cc1cc(N(Cc2ccccc2)C(C)C)nc(Nc2c(F)cccc2F)n1. The molecule has 0 spiro atoms. The molecule has 0 unspecified atom stereocenters. The summed E-state index contributed by atoms with van der Waals surface area (Å²) in [6.07, 6.45) is 0. The van der Waals surface area contributed by atoms with E-state index < -0.39 is 11.6 Å². The maximum atomic E-state index is 13.9. The molecule has 0 atom stereocenters. The van der Waals surface area contributed by atoms with E-state index in [-0.39, 0.29) is 17.7 Å². The van der Waals surface area contributed by atoms with Crippen LogP contribution in [0.3, 0.4) is 0 Å². The van der Waals surface area contributed by atoms with Gasteiger partial charge in [-0.15, -0.1) is 0 Å². The molecule has 27 heavy (non-hydrogen) atoms. The molecular weight excluding hydrogens is 346 g/mol. The summed E-state index contributed by atoms with van der Waals surface area (Å²) in [5.74, 6) is -0.522. The molecule has 0 aliphatic carbocycles. The van der Waals surface area contributed by atoms with Crippen LogP contribution in [0.15, 0.2) is 54.6 Å². The normalized spacial score (nSPS) is 10.9. The van der Waals surface area contributed by atoms with Crippen LogP contribution in [-0.2, 0) is 6.54 Å². The van der Waals surface area contributed by atoms with Crippen molar-refractivity contribution >= 4 is 17.5 Å². The van der Waals surface area contributed by atoms with Gasteiger partial charge in [-0.25, -0.2) is 13.8 Å². The Labute approximate surface area is 157 Å². The lowest BCUT2D eigenvalue weighted by Gasteiger charge is -2.28. The Balaban J connectivity index is 1.93. The number of rotatable bonds is 6. The summed E-state index contributed by atoms with van der Waals surface area (Å²) in [5.41, 5.74) is 1.60. The predicted molar refractivity (Wildman–Crippen MR) is 104 cm³/mol. The van der Waals surface area contributed by atoms with E-state index in [0.717, 1.165) is 5.56 Å². The van der Waals surface area contributed by atoms with Gasteiger partial charge in [-0.1, -0.05) is 36.4 Å². The lowest BCUT2D eigenvalue weighted by atomic mass is 10.2. The van der Waals surface area contributed by atoms with Crippen LogP contribution in [0.2, 0.25) is 0 Å². The van der Waals surface area contributed by atoms with Gasteiger partial charge >= 0.3 is 0 Å². The molecule has 0 aliphatic rings. The number of nitrogens with one attached hydrogen (secondary N) is 1. The minimum absolute atomic E-state index is 0.160. The van der Waals surface area contributed by atoms with Crippen molar-refractivity contribution in [1.29, 1.82) is 0 Å². The number of benzene rings is 2. The third kappa shape index (κ3) is 4.58. The molecule has 2 aromatic carbocycles. The molecule has 0 bridgehead atoms. The molecule has 0 aliphatic heterocycles. The van der Waals surface area contributed by atoms with Crippen LogP contribution in [0.1, 0.15) is 25.1 Å². The fourth-order valence-electron chi connectivity index (χ4n) is 2.79. The molecule has 0 fully saturated rings. The Morgan fingerprint density at radius 1 is 0.963 bits per heavy atom. The maximum absolute atomic E-state index is 13.9. The van der Waals surface area contributed by atoms with Crippen molar-refractivity contribution in [2.24, 2.45) is 0 Å². The molecule has 0 saturated heterocycles. The van der Waals surface area contributed by atoms with E-state index in [1.165, 1.54) is 18.2 Å². The Morgan fingerprint density at radius 3 is 2.26 bits per heavy atom. The van der Waals surface area contributed by atoms with Gasteiger partial charge in [0.1, 0.15) is 23.1 Å². The van der Waals surface area contributed by atoms with Crippen LogP contribution in [0.25, 0.3) is 0 Å². The predicted octanol–water partition coefficient (Wildman–Crippen LogP) is 5.22. The van der Waals surface area contributed by atoms with Gasteiger partial charge < -0.3 is 10.2 Å². The standard InChI is InChI=1S/C21H22F2N4/c1-14(2)27(13-16-8-5-4-6-9-16)19-12-15(3)24-21(25-19)26-20-17(22)10-7-11-18(20)23/h4-12,14H,13H2,1-3H3,(H,24,25,26). The number of aryl methyl sites for hydroxylation is 1. The van der Waals surface area contributed by atoms with Crippen molar-refractivity contribution in [3.8, 4) is 0 Å². The number of para-hydroxylation sites is 1. The monoisotopic (exact) mass is 368 g/mol. The molecular formula is C21H22F2N4. The van der Waals surface area contributed by atoms with E-state index >= 15 is 0 Å². The molecule has 3 aromatic rings. The lowest BCUT2D eigenvalue weighted by Crippen LogP contribution is -2.31. The van der Waals surface area contributed by atoms with Gasteiger partial charge in [0.2, 0.25) is 5.95 Å². The minimum Gasteiger partial charge on any atom is -0.350 e. The number of anilines is 3. The van der Waals surface area contributed by atoms with Crippen molar-refractivity contribution in [3.05, 3.63) is 77.5 Å². The Hall–Kier alpha value is -3.02. The van der Waals surface area contributed by atoms with E-state index in [4.69, 9.17) is 0 Å². The van der Waals surface area contributed by atoms with E-state index in [1.54, 1.807) is 0 Å². The van der Waals surface area contributed by atoms with E-state index in [0.29, 0.717) is 18.1 Å². The van der Waals surface area contributed by atoms with E-state index in [1.807, 2.05) is 31.2 Å². The van der Waals surface area contributed by atoms with Crippen molar-refractivity contribution < 1.29 is 8.78 Å². The number of hydrogen-bond donors (Lipinski definition) is 1. The maximum Gasteiger partial charge on any atom is 0.229 e. The first-order valence-electron chi connectivity index (χ1n) is 8.81. The number of hydrogen-bond acceptors (Lipinski definition) is 4. The first-order chi connectivity index (χ1) is 12.9. The van der Waals surface area contributed by atoms with Crippen molar-refractivity contribution in [2.45, 2.75) is 33.4 Å². The zero-order chi connectivity index (χ0) is 19.4. The van der Waals surface area contributed by atoms with Crippen LogP contribution in [0.4, 0.5) is 26.2 Å². The fraction of sp³-hybridized carbons (Fsp3) is 0.238. The molecule has 6 heteroatoms. The van der Waals surface area contributed by atoms with E-state index in [9.17, 15) is 8.78 Å². The Kier molecular flexibility index (Phi) is 5.64. The van der Waals surface area contributed by atoms with Crippen molar-refractivity contribution in [2.75, 3.05) is 10.2 Å². The van der Waals surface area contributed by atoms with Crippen molar-refractivity contribution in [3.63, 3.8) is 0 Å². The second-order valence-electron chi connectivity index (χ2n) is 6.62. The van der Waals surface area contributed by atoms with Crippen molar-refractivity contribution in [1.82, 2.24) is 9.97 Å². The quantitative estimate of drug-likeness (QED) is 0.647. The van der Waals surface area contributed by atoms with Gasteiger partial charge in [0, 0.05) is 24.3 Å². The topological polar surface area (TPSA) is 41.1 Å². The number of nitrogens with zero attached hydrogens (tertiary/aromatic N) is 3. The summed E-state index contributed by atoms with van der Waals surface area (Å²) in [6.45, 7) is 6.64. The minimum atomic E-state index is -0.688. The molecule has 1 aromatic heterocycles. The van der Waals surface area contributed by atoms with Gasteiger partial charge in [0.05, 0.1) is 0 Å². The largest absolute Gasteiger partial charge is 0.350 e. The first-order valence-corrected chi connectivity index (χ1v) is 8.81. The highest BCUT2D eigenvalue weighted by Gasteiger charge is 2.16. The highest BCUT2D eigenvalue weighted by molar-refractivity contribution is 5.57. The fourth-order valence-corrected chi connectivity index (χ4v) is 2.79. The molecule has 1 heterocycles. The second-order valence-corrected chi connectivity index (χ2v) is 6.62. The van der Waals surface area contributed by atoms with Crippen LogP contribution in [0, 0.1) is 18.6 Å². The summed E-state index contributed by atoms with van der Waals surface area (Å²) in [6, 6.07) is 15.8. The molecule has 0 radical (unpaired) electrons. The van der Waals surface area contributed by atoms with Gasteiger partial charge in [0.15, 0.2) is 0 Å². The number of halogens is 2.